The highest BCUT2D eigenvalue weighted by molar-refractivity contribution is 7.88. The highest BCUT2D eigenvalue weighted by Gasteiger charge is 2.41. The van der Waals surface area contributed by atoms with Crippen molar-refractivity contribution in [2.75, 3.05) is 0 Å². The fourth-order valence-corrected chi connectivity index (χ4v) is 3.94. The third-order valence-electron chi connectivity index (χ3n) is 3.89. The van der Waals surface area contributed by atoms with Crippen LogP contribution in [0.1, 0.15) is 30.6 Å². The van der Waals surface area contributed by atoms with Crippen molar-refractivity contribution in [2.45, 2.75) is 25.1 Å². The first-order chi connectivity index (χ1) is 10.1. The molecule has 1 fully saturated rings. The topological polar surface area (TPSA) is 72.2 Å². The van der Waals surface area contributed by atoms with Gasteiger partial charge in [0, 0.05) is 12.1 Å². The molecule has 0 unspecified atom stereocenters. The summed E-state index contributed by atoms with van der Waals surface area (Å²) in [6.07, 6.45) is 2.43. The Morgan fingerprint density at radius 1 is 1.33 bits per heavy atom. The van der Waals surface area contributed by atoms with Crippen LogP contribution in [0.5, 0.6) is 0 Å². The molecule has 1 saturated carbocycles. The average molecular weight is 306 g/mol. The van der Waals surface area contributed by atoms with Crippen molar-refractivity contribution in [1.82, 2.24) is 9.88 Å². The first-order valence-corrected chi connectivity index (χ1v) is 8.64. The molecule has 3 rings (SSSR count). The fourth-order valence-electron chi connectivity index (χ4n) is 2.62. The van der Waals surface area contributed by atoms with Crippen molar-refractivity contribution in [1.29, 1.82) is 0 Å². The van der Waals surface area contributed by atoms with Crippen LogP contribution in [0.15, 0.2) is 47.2 Å². The van der Waals surface area contributed by atoms with Crippen molar-refractivity contribution in [3.8, 4) is 0 Å². The fraction of sp³-hybridized carbons (Fsp3) is 0.400. The van der Waals surface area contributed by atoms with Crippen molar-refractivity contribution < 1.29 is 12.9 Å². The predicted octanol–water partition coefficient (Wildman–Crippen LogP) is 2.49. The maximum Gasteiger partial charge on any atom is 0.218 e. The van der Waals surface area contributed by atoms with Gasteiger partial charge >= 0.3 is 0 Å². The molecule has 3 atom stereocenters. The van der Waals surface area contributed by atoms with Gasteiger partial charge < -0.3 is 4.52 Å². The van der Waals surface area contributed by atoms with Crippen molar-refractivity contribution in [3.63, 3.8) is 0 Å². The van der Waals surface area contributed by atoms with Crippen LogP contribution in [0.2, 0.25) is 0 Å². The third kappa shape index (κ3) is 3.51. The third-order valence-corrected chi connectivity index (χ3v) is 5.18. The van der Waals surface area contributed by atoms with Crippen LogP contribution in [-0.4, -0.2) is 13.6 Å². The summed E-state index contributed by atoms with van der Waals surface area (Å²) >= 11 is 0. The first-order valence-electron chi connectivity index (χ1n) is 6.99. The lowest BCUT2D eigenvalue weighted by Gasteiger charge is -2.19. The van der Waals surface area contributed by atoms with Crippen molar-refractivity contribution >= 4 is 10.0 Å². The molecular formula is C15H18N2O3S. The van der Waals surface area contributed by atoms with Crippen molar-refractivity contribution in [2.24, 2.45) is 11.8 Å². The number of nitrogens with zero attached hydrogens (tertiary/aromatic N) is 1. The quantitative estimate of drug-likeness (QED) is 0.890. The van der Waals surface area contributed by atoms with E-state index < -0.39 is 10.0 Å². The summed E-state index contributed by atoms with van der Waals surface area (Å²) in [5.74, 6) is 0.748. The summed E-state index contributed by atoms with van der Waals surface area (Å²) < 4.78 is 32.2. The zero-order chi connectivity index (χ0) is 14.9. The van der Waals surface area contributed by atoms with Crippen LogP contribution in [-0.2, 0) is 15.8 Å². The zero-order valence-electron chi connectivity index (χ0n) is 11.8. The van der Waals surface area contributed by atoms with Gasteiger partial charge in [-0.1, -0.05) is 42.4 Å². The standard InChI is InChI=1S/C15H18N2O3S/c1-11-9-14(11)15(12-5-3-2-4-6-12)17-21(18,19)10-13-7-8-20-16-13/h2-8,11,14-15,17H,9-10H2,1H3/t11-,14-,15+/m1/s1. The second kappa shape index (κ2) is 5.61. The van der Waals surface area contributed by atoms with E-state index in [1.807, 2.05) is 30.3 Å². The van der Waals surface area contributed by atoms with Gasteiger partial charge in [0.15, 0.2) is 0 Å². The largest absolute Gasteiger partial charge is 0.364 e. The van der Waals surface area contributed by atoms with Gasteiger partial charge in [-0.15, -0.1) is 0 Å². The number of benzene rings is 1. The molecule has 2 aromatic rings. The minimum Gasteiger partial charge on any atom is -0.364 e. The number of aromatic nitrogens is 1. The predicted molar refractivity (Wildman–Crippen MR) is 78.7 cm³/mol. The van der Waals surface area contributed by atoms with E-state index in [9.17, 15) is 8.42 Å². The molecule has 0 spiro atoms. The smallest absolute Gasteiger partial charge is 0.218 e. The minimum atomic E-state index is -3.45. The normalized spacial score (nSPS) is 22.9. The van der Waals surface area contributed by atoms with E-state index in [1.165, 1.54) is 6.26 Å². The van der Waals surface area contributed by atoms with E-state index in [1.54, 1.807) is 6.07 Å². The SMILES string of the molecule is C[C@@H]1C[C@H]1[C@@H](NS(=O)(=O)Cc1ccon1)c1ccccc1. The number of nitrogens with one attached hydrogen (secondary N) is 1. The summed E-state index contributed by atoms with van der Waals surface area (Å²) in [7, 11) is -3.45. The highest BCUT2D eigenvalue weighted by Crippen LogP contribution is 2.47. The molecule has 1 aromatic carbocycles. The van der Waals surface area contributed by atoms with Crippen LogP contribution in [0.4, 0.5) is 0 Å². The maximum absolute atomic E-state index is 12.3. The van der Waals surface area contributed by atoms with E-state index in [4.69, 9.17) is 0 Å². The van der Waals surface area contributed by atoms with Gasteiger partial charge in [0.05, 0.1) is 5.69 Å². The van der Waals surface area contributed by atoms with Crippen LogP contribution in [0.25, 0.3) is 0 Å². The van der Waals surface area contributed by atoms with E-state index in [2.05, 4.69) is 21.3 Å². The van der Waals surface area contributed by atoms with E-state index in [-0.39, 0.29) is 11.8 Å². The number of hydrogen-bond acceptors (Lipinski definition) is 4. The molecule has 21 heavy (non-hydrogen) atoms. The number of rotatable bonds is 6. The lowest BCUT2D eigenvalue weighted by molar-refractivity contribution is 0.413. The lowest BCUT2D eigenvalue weighted by atomic mass is 10.0. The number of hydrogen-bond donors (Lipinski definition) is 1. The molecule has 1 N–H and O–H groups in total. The van der Waals surface area contributed by atoms with Gasteiger partial charge in [-0.05, 0) is 23.8 Å². The molecule has 0 saturated heterocycles. The molecule has 6 heteroatoms. The molecule has 1 aliphatic rings. The average Bonchev–Trinajstić information content (AvgIpc) is 2.96. The summed E-state index contributed by atoms with van der Waals surface area (Å²) in [6.45, 7) is 2.15. The Hall–Kier alpha value is -1.66. The summed E-state index contributed by atoms with van der Waals surface area (Å²) in [5, 5.41) is 3.66. The Balaban J connectivity index is 1.78. The Labute approximate surface area is 124 Å². The molecule has 0 aliphatic heterocycles. The first kappa shape index (κ1) is 14.3. The molecule has 0 bridgehead atoms. The van der Waals surface area contributed by atoms with E-state index in [0.717, 1.165) is 12.0 Å². The molecular weight excluding hydrogens is 288 g/mol. The summed E-state index contributed by atoms with van der Waals surface area (Å²) in [6, 6.07) is 11.1. The highest BCUT2D eigenvalue weighted by atomic mass is 32.2. The Morgan fingerprint density at radius 3 is 2.62 bits per heavy atom. The number of sulfonamides is 1. The summed E-state index contributed by atoms with van der Waals surface area (Å²) in [5.41, 5.74) is 1.42. The Kier molecular flexibility index (Phi) is 3.82. The molecule has 1 aliphatic carbocycles. The van der Waals surface area contributed by atoms with Gasteiger partial charge in [0.2, 0.25) is 10.0 Å². The van der Waals surface area contributed by atoms with Gasteiger partial charge in [0.1, 0.15) is 12.0 Å². The molecule has 1 aromatic heterocycles. The molecule has 0 radical (unpaired) electrons. The molecule has 1 heterocycles. The van der Waals surface area contributed by atoms with E-state index in [0.29, 0.717) is 17.5 Å². The van der Waals surface area contributed by atoms with Crippen LogP contribution in [0, 0.1) is 11.8 Å². The van der Waals surface area contributed by atoms with Gasteiger partial charge in [-0.25, -0.2) is 13.1 Å². The molecule has 0 amide bonds. The van der Waals surface area contributed by atoms with Crippen LogP contribution >= 0.6 is 0 Å². The van der Waals surface area contributed by atoms with Crippen LogP contribution < -0.4 is 4.72 Å². The Morgan fingerprint density at radius 2 is 2.05 bits per heavy atom. The van der Waals surface area contributed by atoms with E-state index >= 15 is 0 Å². The minimum absolute atomic E-state index is 0.159. The van der Waals surface area contributed by atoms with Gasteiger partial charge in [0.25, 0.3) is 0 Å². The van der Waals surface area contributed by atoms with Gasteiger partial charge in [-0.2, -0.15) is 0 Å². The molecule has 5 nitrogen and oxygen atoms in total. The lowest BCUT2D eigenvalue weighted by Crippen LogP contribution is -2.31. The maximum atomic E-state index is 12.3. The zero-order valence-corrected chi connectivity index (χ0v) is 12.6. The van der Waals surface area contributed by atoms with Gasteiger partial charge in [-0.3, -0.25) is 0 Å². The second-order valence-corrected chi connectivity index (χ2v) is 7.39. The second-order valence-electron chi connectivity index (χ2n) is 5.63. The van der Waals surface area contributed by atoms with Crippen molar-refractivity contribution in [3.05, 3.63) is 53.9 Å². The Bertz CT molecular complexity index is 683. The van der Waals surface area contributed by atoms with Crippen LogP contribution in [0.3, 0.4) is 0 Å². The molecule has 112 valence electrons. The monoisotopic (exact) mass is 306 g/mol. The summed E-state index contributed by atoms with van der Waals surface area (Å²) in [4.78, 5) is 0.